The van der Waals surface area contributed by atoms with E-state index in [1.54, 1.807) is 18.7 Å². The highest BCUT2D eigenvalue weighted by Gasteiger charge is 2.28. The summed E-state index contributed by atoms with van der Waals surface area (Å²) in [6.07, 6.45) is 2.06. The molecule has 1 aromatic heterocycles. The summed E-state index contributed by atoms with van der Waals surface area (Å²) in [5.41, 5.74) is 0. The lowest BCUT2D eigenvalue weighted by atomic mass is 9.97. The second-order valence-corrected chi connectivity index (χ2v) is 6.63. The molecule has 0 radical (unpaired) electrons. The maximum absolute atomic E-state index is 12.5. The van der Waals surface area contributed by atoms with Crippen LogP contribution in [-0.4, -0.2) is 82.5 Å². The third-order valence-corrected chi connectivity index (χ3v) is 4.85. The van der Waals surface area contributed by atoms with E-state index in [-0.39, 0.29) is 17.7 Å². The van der Waals surface area contributed by atoms with Crippen molar-refractivity contribution in [1.29, 1.82) is 0 Å². The smallest absolute Gasteiger partial charge is 0.236 e. The van der Waals surface area contributed by atoms with Gasteiger partial charge in [-0.25, -0.2) is 0 Å². The second kappa shape index (κ2) is 7.29. The number of carbonyl (C=O) groups is 2. The number of aryl methyl sites for hydroxylation is 1. The quantitative estimate of drug-likeness (QED) is 0.787. The Bertz CT molecular complexity index is 594. The van der Waals surface area contributed by atoms with Crippen molar-refractivity contribution in [2.24, 2.45) is 0 Å². The number of hydrogen-bond donors (Lipinski definition) is 0. The van der Waals surface area contributed by atoms with Gasteiger partial charge in [0.1, 0.15) is 0 Å². The molecular weight excluding hydrogens is 310 g/mol. The number of carbonyl (C=O) groups excluding carboxylic acids is 2. The summed E-state index contributed by atoms with van der Waals surface area (Å²) in [4.78, 5) is 34.0. The van der Waals surface area contributed by atoms with E-state index in [2.05, 4.69) is 15.0 Å². The number of amides is 2. The largest absolute Gasteiger partial charge is 0.340 e. The van der Waals surface area contributed by atoms with Crippen molar-refractivity contribution >= 4 is 11.8 Å². The molecule has 1 unspecified atom stereocenters. The first-order valence-electron chi connectivity index (χ1n) is 8.59. The fraction of sp³-hybridized carbons (Fsp3) is 0.750. The van der Waals surface area contributed by atoms with Gasteiger partial charge in [-0.15, -0.1) is 0 Å². The number of aromatic nitrogens is 2. The van der Waals surface area contributed by atoms with Crippen LogP contribution in [0.1, 0.15) is 37.4 Å². The highest BCUT2D eigenvalue weighted by molar-refractivity contribution is 5.79. The Morgan fingerprint density at radius 3 is 2.50 bits per heavy atom. The lowest BCUT2D eigenvalue weighted by Crippen LogP contribution is -2.52. The number of hydrogen-bond acceptors (Lipinski definition) is 6. The standard InChI is InChI=1S/C16H25N5O3/c1-12-17-16(18-24-12)14-4-3-5-19(10-14)11-15(23)21-8-6-20(7-9-21)13(2)22/h14H,3-11H2,1-2H3. The molecule has 0 N–H and O–H groups in total. The second-order valence-electron chi connectivity index (χ2n) is 6.63. The zero-order valence-corrected chi connectivity index (χ0v) is 14.4. The number of likely N-dealkylation sites (tertiary alicyclic amines) is 1. The Morgan fingerprint density at radius 2 is 1.88 bits per heavy atom. The molecule has 8 nitrogen and oxygen atoms in total. The van der Waals surface area contributed by atoms with Gasteiger partial charge in [0.25, 0.3) is 0 Å². The van der Waals surface area contributed by atoms with Crippen LogP contribution in [0.5, 0.6) is 0 Å². The zero-order valence-electron chi connectivity index (χ0n) is 14.4. The van der Waals surface area contributed by atoms with Crippen LogP contribution >= 0.6 is 0 Å². The molecular formula is C16H25N5O3. The molecule has 3 heterocycles. The number of rotatable bonds is 3. The first-order valence-corrected chi connectivity index (χ1v) is 8.59. The molecule has 0 saturated carbocycles. The lowest BCUT2D eigenvalue weighted by molar-refractivity contribution is -0.139. The fourth-order valence-electron chi connectivity index (χ4n) is 3.45. The minimum absolute atomic E-state index is 0.0800. The predicted molar refractivity (Wildman–Crippen MR) is 86.3 cm³/mol. The molecule has 132 valence electrons. The van der Waals surface area contributed by atoms with Crippen molar-refractivity contribution in [3.05, 3.63) is 11.7 Å². The minimum Gasteiger partial charge on any atom is -0.340 e. The minimum atomic E-state index is 0.0800. The summed E-state index contributed by atoms with van der Waals surface area (Å²) in [7, 11) is 0. The predicted octanol–water partition coefficient (Wildman–Crippen LogP) is 0.248. The van der Waals surface area contributed by atoms with Crippen molar-refractivity contribution in [1.82, 2.24) is 24.8 Å². The van der Waals surface area contributed by atoms with Crippen molar-refractivity contribution in [2.45, 2.75) is 32.6 Å². The van der Waals surface area contributed by atoms with Gasteiger partial charge in [0.15, 0.2) is 5.82 Å². The highest BCUT2D eigenvalue weighted by Crippen LogP contribution is 2.24. The molecule has 0 aliphatic carbocycles. The third-order valence-electron chi connectivity index (χ3n) is 4.85. The molecule has 0 spiro atoms. The topological polar surface area (TPSA) is 82.8 Å². The fourth-order valence-corrected chi connectivity index (χ4v) is 3.45. The van der Waals surface area contributed by atoms with E-state index < -0.39 is 0 Å². The van der Waals surface area contributed by atoms with Gasteiger partial charge in [0.05, 0.1) is 6.54 Å². The summed E-state index contributed by atoms with van der Waals surface area (Å²) < 4.78 is 5.07. The molecule has 1 aromatic rings. The van der Waals surface area contributed by atoms with Crippen LogP contribution in [-0.2, 0) is 9.59 Å². The monoisotopic (exact) mass is 335 g/mol. The maximum Gasteiger partial charge on any atom is 0.236 e. The van der Waals surface area contributed by atoms with Gasteiger partial charge in [0, 0.05) is 52.5 Å². The number of nitrogens with zero attached hydrogens (tertiary/aromatic N) is 5. The maximum atomic E-state index is 12.5. The molecule has 3 rings (SSSR count). The Balaban J connectivity index is 1.50. The van der Waals surface area contributed by atoms with E-state index in [0.29, 0.717) is 38.6 Å². The van der Waals surface area contributed by atoms with Crippen molar-refractivity contribution in [3.63, 3.8) is 0 Å². The molecule has 0 aromatic carbocycles. The van der Waals surface area contributed by atoms with Crippen LogP contribution < -0.4 is 0 Å². The summed E-state index contributed by atoms with van der Waals surface area (Å²) in [6.45, 7) is 8.02. The first-order chi connectivity index (χ1) is 11.5. The van der Waals surface area contributed by atoms with Gasteiger partial charge >= 0.3 is 0 Å². The number of piperazine rings is 1. The van der Waals surface area contributed by atoms with Gasteiger partial charge in [-0.1, -0.05) is 5.16 Å². The summed E-state index contributed by atoms with van der Waals surface area (Å²) in [6, 6.07) is 0. The van der Waals surface area contributed by atoms with Crippen LogP contribution in [0.4, 0.5) is 0 Å². The molecule has 2 amide bonds. The van der Waals surface area contributed by atoms with Crippen LogP contribution in [0.25, 0.3) is 0 Å². The Morgan fingerprint density at radius 1 is 1.17 bits per heavy atom. The molecule has 2 fully saturated rings. The van der Waals surface area contributed by atoms with Gasteiger partial charge < -0.3 is 14.3 Å². The SMILES string of the molecule is CC(=O)N1CCN(C(=O)CN2CCCC(c3noc(C)n3)C2)CC1. The molecule has 8 heteroatoms. The Hall–Kier alpha value is -1.96. The van der Waals surface area contributed by atoms with Crippen LogP contribution in [0.3, 0.4) is 0 Å². The van der Waals surface area contributed by atoms with Crippen molar-refractivity contribution in [2.75, 3.05) is 45.8 Å². The van der Waals surface area contributed by atoms with Crippen LogP contribution in [0.15, 0.2) is 4.52 Å². The van der Waals surface area contributed by atoms with E-state index >= 15 is 0 Å². The zero-order chi connectivity index (χ0) is 17.1. The normalized spacial score (nSPS) is 22.7. The van der Waals surface area contributed by atoms with Crippen molar-refractivity contribution < 1.29 is 14.1 Å². The van der Waals surface area contributed by atoms with E-state index in [1.165, 1.54) is 0 Å². The number of piperidine rings is 1. The average molecular weight is 335 g/mol. The van der Waals surface area contributed by atoms with Gasteiger partial charge in [0.2, 0.25) is 17.7 Å². The highest BCUT2D eigenvalue weighted by atomic mass is 16.5. The van der Waals surface area contributed by atoms with E-state index in [4.69, 9.17) is 4.52 Å². The Labute approximate surface area is 141 Å². The van der Waals surface area contributed by atoms with Gasteiger partial charge in [-0.3, -0.25) is 14.5 Å². The van der Waals surface area contributed by atoms with Crippen LogP contribution in [0.2, 0.25) is 0 Å². The molecule has 2 aliphatic rings. The molecule has 2 saturated heterocycles. The third kappa shape index (κ3) is 3.92. The summed E-state index contributed by atoms with van der Waals surface area (Å²) >= 11 is 0. The van der Waals surface area contributed by atoms with E-state index in [9.17, 15) is 9.59 Å². The molecule has 24 heavy (non-hydrogen) atoms. The molecule has 2 aliphatic heterocycles. The van der Waals surface area contributed by atoms with Gasteiger partial charge in [-0.05, 0) is 19.4 Å². The van der Waals surface area contributed by atoms with Gasteiger partial charge in [-0.2, -0.15) is 4.98 Å². The molecule has 0 bridgehead atoms. The van der Waals surface area contributed by atoms with E-state index in [1.807, 2.05) is 4.90 Å². The average Bonchev–Trinajstić information content (AvgIpc) is 3.02. The lowest BCUT2D eigenvalue weighted by Gasteiger charge is -2.36. The molecule has 1 atom stereocenters. The van der Waals surface area contributed by atoms with Crippen molar-refractivity contribution in [3.8, 4) is 0 Å². The van der Waals surface area contributed by atoms with Crippen LogP contribution in [0, 0.1) is 6.92 Å². The Kier molecular flexibility index (Phi) is 5.13. The summed E-state index contributed by atoms with van der Waals surface area (Å²) in [5, 5.41) is 4.02. The van der Waals surface area contributed by atoms with E-state index in [0.717, 1.165) is 31.8 Å². The summed E-state index contributed by atoms with van der Waals surface area (Å²) in [5.74, 6) is 1.79. The first kappa shape index (κ1) is 16.9.